The number of ether oxygens (including phenoxy) is 1. The molecule has 0 fully saturated rings. The van der Waals surface area contributed by atoms with Crippen LogP contribution in [-0.4, -0.2) is 18.9 Å². The van der Waals surface area contributed by atoms with Gasteiger partial charge in [-0.1, -0.05) is 52.0 Å². The summed E-state index contributed by atoms with van der Waals surface area (Å²) in [6, 6.07) is 10.2. The molecule has 0 amide bonds. The van der Waals surface area contributed by atoms with Crippen molar-refractivity contribution in [2.24, 2.45) is 5.92 Å². The highest BCUT2D eigenvalue weighted by Gasteiger charge is 2.33. The van der Waals surface area contributed by atoms with Gasteiger partial charge in [-0.15, -0.1) is 0 Å². The van der Waals surface area contributed by atoms with Gasteiger partial charge >= 0.3 is 5.97 Å². The number of rotatable bonds is 7. The number of carbonyl (C=O) groups excluding carboxylic acids is 2. The Morgan fingerprint density at radius 1 is 1.07 bits per heavy atom. The molecule has 3 rings (SSSR count). The number of esters is 1. The molecule has 4 nitrogen and oxygen atoms in total. The SMILES string of the molecule is COC(=O)C1CCc2cc(C(C)(C)CCC(C)(C)c3ccc(C(C)=O)cc3)oc2C1. The summed E-state index contributed by atoms with van der Waals surface area (Å²) in [7, 11) is 1.45. The zero-order valence-corrected chi connectivity index (χ0v) is 19.1. The number of aryl methyl sites for hydroxylation is 1. The van der Waals surface area contributed by atoms with E-state index >= 15 is 0 Å². The minimum Gasteiger partial charge on any atom is -0.469 e. The van der Waals surface area contributed by atoms with Crippen molar-refractivity contribution in [1.29, 1.82) is 0 Å². The second kappa shape index (κ2) is 8.41. The third-order valence-corrected chi connectivity index (χ3v) is 6.74. The van der Waals surface area contributed by atoms with E-state index in [0.29, 0.717) is 6.42 Å². The molecule has 0 saturated carbocycles. The maximum Gasteiger partial charge on any atom is 0.309 e. The van der Waals surface area contributed by atoms with E-state index in [2.05, 4.69) is 45.9 Å². The average molecular weight is 411 g/mol. The van der Waals surface area contributed by atoms with Crippen LogP contribution in [0.1, 0.15) is 86.9 Å². The van der Waals surface area contributed by atoms with Crippen molar-refractivity contribution < 1.29 is 18.7 Å². The lowest BCUT2D eigenvalue weighted by Gasteiger charge is -2.30. The fourth-order valence-corrected chi connectivity index (χ4v) is 4.26. The first kappa shape index (κ1) is 22.3. The van der Waals surface area contributed by atoms with Crippen LogP contribution in [0.25, 0.3) is 0 Å². The first-order chi connectivity index (χ1) is 14.0. The lowest BCUT2D eigenvalue weighted by atomic mass is 9.74. The molecule has 1 heterocycles. The number of benzene rings is 1. The second-order valence-electron chi connectivity index (χ2n) is 9.92. The fraction of sp³-hybridized carbons (Fsp3) is 0.538. The molecule has 2 aromatic rings. The van der Waals surface area contributed by atoms with Crippen LogP contribution in [0.4, 0.5) is 0 Å². The zero-order valence-electron chi connectivity index (χ0n) is 19.1. The highest BCUT2D eigenvalue weighted by Crippen LogP contribution is 2.39. The van der Waals surface area contributed by atoms with Gasteiger partial charge in [0.1, 0.15) is 11.5 Å². The van der Waals surface area contributed by atoms with Crippen molar-refractivity contribution >= 4 is 11.8 Å². The number of hydrogen-bond donors (Lipinski definition) is 0. The van der Waals surface area contributed by atoms with Gasteiger partial charge in [0, 0.05) is 17.4 Å². The number of carbonyl (C=O) groups is 2. The highest BCUT2D eigenvalue weighted by molar-refractivity contribution is 5.94. The molecule has 0 aliphatic heterocycles. The first-order valence-electron chi connectivity index (χ1n) is 10.8. The molecule has 1 aromatic carbocycles. The molecule has 4 heteroatoms. The van der Waals surface area contributed by atoms with Crippen LogP contribution in [0.3, 0.4) is 0 Å². The van der Waals surface area contributed by atoms with Gasteiger partial charge < -0.3 is 9.15 Å². The lowest BCUT2D eigenvalue weighted by molar-refractivity contribution is -0.145. The molecule has 0 saturated heterocycles. The van der Waals surface area contributed by atoms with E-state index in [-0.39, 0.29) is 28.5 Å². The Kier molecular flexibility index (Phi) is 6.26. The Morgan fingerprint density at radius 3 is 2.30 bits per heavy atom. The van der Waals surface area contributed by atoms with Gasteiger partial charge in [0.05, 0.1) is 13.0 Å². The monoisotopic (exact) mass is 410 g/mol. The van der Waals surface area contributed by atoms with Gasteiger partial charge in [-0.3, -0.25) is 9.59 Å². The third-order valence-electron chi connectivity index (χ3n) is 6.74. The van der Waals surface area contributed by atoms with Crippen LogP contribution < -0.4 is 0 Å². The number of fused-ring (bicyclic) bond motifs is 1. The van der Waals surface area contributed by atoms with E-state index in [0.717, 1.165) is 42.8 Å². The van der Waals surface area contributed by atoms with E-state index < -0.39 is 0 Å². The van der Waals surface area contributed by atoms with E-state index in [1.54, 1.807) is 6.92 Å². The van der Waals surface area contributed by atoms with Gasteiger partial charge in [0.2, 0.25) is 0 Å². The highest BCUT2D eigenvalue weighted by atomic mass is 16.5. The number of hydrogen-bond acceptors (Lipinski definition) is 4. The van der Waals surface area contributed by atoms with Crippen molar-refractivity contribution in [3.63, 3.8) is 0 Å². The number of ketones is 1. The third kappa shape index (κ3) is 4.69. The van der Waals surface area contributed by atoms with Gasteiger partial charge in [-0.05, 0) is 55.2 Å². The maximum absolute atomic E-state index is 11.9. The molecule has 1 atom stereocenters. The Balaban J connectivity index is 1.70. The number of Topliss-reactive ketones (excluding diaryl/α,β-unsaturated/α-hetero) is 1. The van der Waals surface area contributed by atoms with Crippen molar-refractivity contribution in [2.75, 3.05) is 7.11 Å². The summed E-state index contributed by atoms with van der Waals surface area (Å²) in [4.78, 5) is 23.4. The second-order valence-corrected chi connectivity index (χ2v) is 9.92. The molecule has 1 aromatic heterocycles. The summed E-state index contributed by atoms with van der Waals surface area (Å²) in [6.45, 7) is 10.5. The summed E-state index contributed by atoms with van der Waals surface area (Å²) in [5.74, 6) is 1.80. The first-order valence-corrected chi connectivity index (χ1v) is 10.8. The van der Waals surface area contributed by atoms with E-state index in [9.17, 15) is 9.59 Å². The van der Waals surface area contributed by atoms with Crippen molar-refractivity contribution in [3.05, 3.63) is 58.5 Å². The molecular weight excluding hydrogens is 376 g/mol. The molecule has 0 N–H and O–H groups in total. The van der Waals surface area contributed by atoms with Crippen molar-refractivity contribution in [2.45, 2.75) is 77.6 Å². The van der Waals surface area contributed by atoms with E-state index in [1.165, 1.54) is 18.2 Å². The number of methoxy groups -OCH3 is 1. The quantitative estimate of drug-likeness (QED) is 0.428. The molecule has 0 spiro atoms. The Hall–Kier alpha value is -2.36. The van der Waals surface area contributed by atoms with Gasteiger partial charge in [0.25, 0.3) is 0 Å². The molecule has 1 aliphatic rings. The van der Waals surface area contributed by atoms with Crippen molar-refractivity contribution in [3.8, 4) is 0 Å². The molecule has 1 unspecified atom stereocenters. The van der Waals surface area contributed by atoms with Gasteiger partial charge in [-0.2, -0.15) is 0 Å². The Labute approximate surface area is 180 Å². The zero-order chi connectivity index (χ0) is 22.1. The predicted octanol–water partition coefficient (Wildman–Crippen LogP) is 5.80. The number of furan rings is 1. The molecule has 162 valence electrons. The lowest BCUT2D eigenvalue weighted by Crippen LogP contribution is -2.24. The van der Waals surface area contributed by atoms with Crippen LogP contribution in [0.2, 0.25) is 0 Å². The Bertz CT molecular complexity index is 915. The summed E-state index contributed by atoms with van der Waals surface area (Å²) in [6.07, 6.45) is 4.29. The molecule has 0 radical (unpaired) electrons. The topological polar surface area (TPSA) is 56.5 Å². The summed E-state index contributed by atoms with van der Waals surface area (Å²) < 4.78 is 11.2. The molecular formula is C26H34O4. The van der Waals surface area contributed by atoms with E-state index in [4.69, 9.17) is 9.15 Å². The predicted molar refractivity (Wildman–Crippen MR) is 118 cm³/mol. The standard InChI is InChI=1S/C26H34O4/c1-17(27)18-9-11-21(12-10-18)25(2,3)13-14-26(4,5)23-16-19-7-8-20(24(28)29-6)15-22(19)30-23/h9-12,16,20H,7-8,13-15H2,1-6H3. The van der Waals surface area contributed by atoms with Crippen LogP contribution in [0.15, 0.2) is 34.7 Å². The summed E-state index contributed by atoms with van der Waals surface area (Å²) >= 11 is 0. The molecule has 0 bridgehead atoms. The summed E-state index contributed by atoms with van der Waals surface area (Å²) in [5, 5.41) is 0. The fourth-order valence-electron chi connectivity index (χ4n) is 4.26. The van der Waals surface area contributed by atoms with Crippen LogP contribution in [0.5, 0.6) is 0 Å². The van der Waals surface area contributed by atoms with Crippen molar-refractivity contribution in [1.82, 2.24) is 0 Å². The Morgan fingerprint density at radius 2 is 1.70 bits per heavy atom. The van der Waals surface area contributed by atoms with Crippen LogP contribution >= 0.6 is 0 Å². The summed E-state index contributed by atoms with van der Waals surface area (Å²) in [5.41, 5.74) is 3.12. The molecule has 30 heavy (non-hydrogen) atoms. The van der Waals surface area contributed by atoms with Crippen LogP contribution in [0, 0.1) is 5.92 Å². The largest absolute Gasteiger partial charge is 0.469 e. The smallest absolute Gasteiger partial charge is 0.309 e. The van der Waals surface area contributed by atoms with Crippen LogP contribution in [-0.2, 0) is 33.2 Å². The normalized spacial score (nSPS) is 16.8. The average Bonchev–Trinajstić information content (AvgIpc) is 3.16. The minimum absolute atomic E-state index is 0.00518. The maximum atomic E-state index is 11.9. The minimum atomic E-state index is -0.143. The van der Waals surface area contributed by atoms with Gasteiger partial charge in [0.15, 0.2) is 5.78 Å². The van der Waals surface area contributed by atoms with E-state index in [1.807, 2.05) is 12.1 Å². The van der Waals surface area contributed by atoms with Gasteiger partial charge in [-0.25, -0.2) is 0 Å². The molecule has 1 aliphatic carbocycles.